The number of carbonyl (C=O) groups excluding carboxylic acids is 1. The number of rotatable bonds is 6. The van der Waals surface area contributed by atoms with Crippen LogP contribution in [0.5, 0.6) is 0 Å². The number of hydrogen-bond donors (Lipinski definition) is 4. The molecule has 0 radical (unpaired) electrons. The smallest absolute Gasteiger partial charge is 0.307 e. The standard InChI is InChI=1S/C23H27N11O4S2/c1-13-6-18-19(9-25-13)39-22(26-18)23(35)34-5-4-32(12-17(34)8-20-27-30-31-28-20)40(37,38)33-10-15-3-2-14(21(24)29-36)7-16(15)11-33/h2-3,7,10-11,13,17,25,36H,4-6,8-9,12H2,1H3,(H2,24,29)(H,27,28,30,31). The minimum atomic E-state index is -3.98. The van der Waals surface area contributed by atoms with Crippen LogP contribution in [0, 0.1) is 0 Å². The minimum absolute atomic E-state index is 0.0379. The number of benzene rings is 1. The zero-order chi connectivity index (χ0) is 28.0. The lowest BCUT2D eigenvalue weighted by atomic mass is 10.1. The van der Waals surface area contributed by atoms with E-state index in [-0.39, 0.29) is 43.8 Å². The van der Waals surface area contributed by atoms with Gasteiger partial charge in [0.05, 0.1) is 11.7 Å². The Hall–Kier alpha value is -3.93. The fourth-order valence-electron chi connectivity index (χ4n) is 5.08. The van der Waals surface area contributed by atoms with Gasteiger partial charge in [0.15, 0.2) is 16.7 Å². The number of amides is 1. The molecule has 5 N–H and O–H groups in total. The molecule has 4 aromatic rings. The van der Waals surface area contributed by atoms with Crippen LogP contribution in [0.4, 0.5) is 0 Å². The summed E-state index contributed by atoms with van der Waals surface area (Å²) in [6.07, 6.45) is 3.97. The van der Waals surface area contributed by atoms with Gasteiger partial charge in [-0.2, -0.15) is 17.9 Å². The average Bonchev–Trinajstić information content (AvgIpc) is 3.71. The quantitative estimate of drug-likeness (QED) is 0.102. The van der Waals surface area contributed by atoms with Crippen molar-refractivity contribution in [3.8, 4) is 0 Å². The molecule has 2 unspecified atom stereocenters. The van der Waals surface area contributed by atoms with Crippen molar-refractivity contribution in [3.05, 3.63) is 57.6 Å². The number of carbonyl (C=O) groups is 1. The summed E-state index contributed by atoms with van der Waals surface area (Å²) in [7, 11) is -3.98. The van der Waals surface area contributed by atoms with E-state index in [9.17, 15) is 13.2 Å². The highest BCUT2D eigenvalue weighted by Crippen LogP contribution is 2.27. The van der Waals surface area contributed by atoms with Gasteiger partial charge in [-0.3, -0.25) is 4.79 Å². The van der Waals surface area contributed by atoms with Gasteiger partial charge in [-0.15, -0.1) is 21.5 Å². The molecule has 40 heavy (non-hydrogen) atoms. The SMILES string of the molecule is CC1Cc2nc(C(=O)N3CCN(S(=O)(=O)n4cc5ccc(/C(N)=N/O)cc5c4)CC3Cc3nn[nH]n3)sc2CN1. The van der Waals surface area contributed by atoms with Crippen LogP contribution in [0.1, 0.15) is 38.7 Å². The van der Waals surface area contributed by atoms with Crippen molar-refractivity contribution in [3.63, 3.8) is 0 Å². The van der Waals surface area contributed by atoms with E-state index < -0.39 is 16.3 Å². The second-order valence-electron chi connectivity index (χ2n) is 9.84. The van der Waals surface area contributed by atoms with E-state index in [2.05, 4.69) is 43.0 Å². The summed E-state index contributed by atoms with van der Waals surface area (Å²) in [5, 5.41) is 31.1. The monoisotopic (exact) mass is 585 g/mol. The molecule has 15 nitrogen and oxygen atoms in total. The summed E-state index contributed by atoms with van der Waals surface area (Å²) >= 11 is 1.38. The number of amidine groups is 1. The molecule has 0 spiro atoms. The van der Waals surface area contributed by atoms with E-state index in [1.807, 2.05) is 0 Å². The summed E-state index contributed by atoms with van der Waals surface area (Å²) in [5.41, 5.74) is 7.09. The number of nitrogens with one attached hydrogen (secondary N) is 2. The third-order valence-electron chi connectivity index (χ3n) is 7.20. The highest BCUT2D eigenvalue weighted by atomic mass is 32.2. The zero-order valence-corrected chi connectivity index (χ0v) is 23.1. The van der Waals surface area contributed by atoms with Crippen molar-refractivity contribution in [1.82, 2.24) is 44.1 Å². The Balaban J connectivity index is 1.27. The van der Waals surface area contributed by atoms with E-state index in [1.54, 1.807) is 23.1 Å². The molecule has 3 aromatic heterocycles. The predicted molar refractivity (Wildman–Crippen MR) is 145 cm³/mol. The van der Waals surface area contributed by atoms with Crippen molar-refractivity contribution >= 4 is 44.1 Å². The fourth-order valence-corrected chi connectivity index (χ4v) is 7.51. The van der Waals surface area contributed by atoms with Crippen molar-refractivity contribution in [1.29, 1.82) is 0 Å². The number of nitrogens with two attached hydrogens (primary N) is 1. The second-order valence-corrected chi connectivity index (χ2v) is 12.8. The van der Waals surface area contributed by atoms with Gasteiger partial charge in [0, 0.05) is 78.7 Å². The number of aromatic amines is 1. The van der Waals surface area contributed by atoms with Crippen molar-refractivity contribution in [2.24, 2.45) is 10.9 Å². The summed E-state index contributed by atoms with van der Waals surface area (Å²) in [6.45, 7) is 3.07. The molecule has 5 heterocycles. The predicted octanol–water partition coefficient (Wildman–Crippen LogP) is -0.0982. The van der Waals surface area contributed by atoms with Crippen LogP contribution in [-0.2, 0) is 29.6 Å². The van der Waals surface area contributed by atoms with Gasteiger partial charge in [-0.1, -0.05) is 22.5 Å². The first kappa shape index (κ1) is 26.3. The van der Waals surface area contributed by atoms with Gasteiger partial charge in [0.1, 0.15) is 0 Å². The molecular formula is C23H27N11O4S2. The molecule has 1 saturated heterocycles. The van der Waals surface area contributed by atoms with Gasteiger partial charge in [0.2, 0.25) is 0 Å². The Kier molecular flexibility index (Phi) is 6.73. The van der Waals surface area contributed by atoms with E-state index in [4.69, 9.17) is 10.9 Å². The summed E-state index contributed by atoms with van der Waals surface area (Å²) < 4.78 is 29.9. The topological polar surface area (TPSA) is 201 Å². The number of fused-ring (bicyclic) bond motifs is 2. The lowest BCUT2D eigenvalue weighted by Crippen LogP contribution is -2.58. The maximum Gasteiger partial charge on any atom is 0.307 e. The van der Waals surface area contributed by atoms with Crippen LogP contribution in [0.2, 0.25) is 0 Å². The molecule has 210 valence electrons. The van der Waals surface area contributed by atoms with Crippen LogP contribution >= 0.6 is 11.3 Å². The number of oxime groups is 1. The van der Waals surface area contributed by atoms with E-state index in [0.717, 1.165) is 21.0 Å². The summed E-state index contributed by atoms with van der Waals surface area (Å²) in [5.74, 6) is 0.0651. The van der Waals surface area contributed by atoms with Crippen molar-refractivity contribution in [2.45, 2.75) is 38.4 Å². The Morgan fingerprint density at radius 1 is 1.27 bits per heavy atom. The van der Waals surface area contributed by atoms with Crippen LogP contribution in [0.3, 0.4) is 0 Å². The number of hydrogen-bond acceptors (Lipinski definition) is 11. The highest BCUT2D eigenvalue weighted by molar-refractivity contribution is 7.87. The first-order valence-corrected chi connectivity index (χ1v) is 14.8. The molecule has 17 heteroatoms. The molecule has 0 aliphatic carbocycles. The lowest BCUT2D eigenvalue weighted by molar-refractivity contribution is 0.0560. The number of thiazole rings is 1. The number of nitrogens with zero attached hydrogens (tertiary/aromatic N) is 8. The third kappa shape index (κ3) is 4.80. The Labute approximate surface area is 232 Å². The van der Waals surface area contributed by atoms with E-state index >= 15 is 0 Å². The number of H-pyrrole nitrogens is 1. The lowest BCUT2D eigenvalue weighted by Gasteiger charge is -2.40. The molecule has 1 fully saturated rings. The van der Waals surface area contributed by atoms with Crippen molar-refractivity contribution in [2.75, 3.05) is 19.6 Å². The second kappa shape index (κ2) is 10.2. The molecule has 2 aliphatic rings. The molecule has 2 atom stereocenters. The molecule has 1 amide bonds. The maximum absolute atomic E-state index is 13.7. The molecule has 6 rings (SSSR count). The Bertz CT molecular complexity index is 1700. The van der Waals surface area contributed by atoms with Gasteiger partial charge >= 0.3 is 10.2 Å². The molecular weight excluding hydrogens is 558 g/mol. The van der Waals surface area contributed by atoms with Crippen LogP contribution < -0.4 is 11.1 Å². The average molecular weight is 586 g/mol. The Morgan fingerprint density at radius 2 is 2.10 bits per heavy atom. The van der Waals surface area contributed by atoms with Crippen molar-refractivity contribution < 1.29 is 18.4 Å². The molecule has 2 aliphatic heterocycles. The van der Waals surface area contributed by atoms with Crippen LogP contribution in [-0.4, -0.2) is 95.9 Å². The van der Waals surface area contributed by atoms with Gasteiger partial charge < -0.3 is 21.2 Å². The number of tetrazole rings is 1. The maximum atomic E-state index is 13.7. The third-order valence-corrected chi connectivity index (χ3v) is 10.0. The summed E-state index contributed by atoms with van der Waals surface area (Å²) in [4.78, 5) is 21.0. The first-order chi connectivity index (χ1) is 19.2. The van der Waals surface area contributed by atoms with Gasteiger partial charge in [-0.25, -0.2) is 8.96 Å². The normalized spacial score (nSPS) is 20.6. The Morgan fingerprint density at radius 3 is 2.88 bits per heavy atom. The van der Waals surface area contributed by atoms with Gasteiger partial charge in [-0.05, 0) is 13.0 Å². The molecule has 1 aromatic carbocycles. The number of aromatic nitrogens is 6. The summed E-state index contributed by atoms with van der Waals surface area (Å²) in [6, 6.07) is 4.75. The molecule has 0 bridgehead atoms. The highest BCUT2D eigenvalue weighted by Gasteiger charge is 2.38. The van der Waals surface area contributed by atoms with Crippen LogP contribution in [0.25, 0.3) is 10.8 Å². The fraction of sp³-hybridized carbons (Fsp3) is 0.391. The van der Waals surface area contributed by atoms with E-state index in [0.29, 0.717) is 33.7 Å². The first-order valence-electron chi connectivity index (χ1n) is 12.6. The molecule has 0 saturated carbocycles. The van der Waals surface area contributed by atoms with E-state index in [1.165, 1.54) is 28.0 Å². The van der Waals surface area contributed by atoms with Gasteiger partial charge in [0.25, 0.3) is 5.91 Å². The minimum Gasteiger partial charge on any atom is -0.409 e. The number of piperazine rings is 1. The van der Waals surface area contributed by atoms with Crippen LogP contribution in [0.15, 0.2) is 35.7 Å². The largest absolute Gasteiger partial charge is 0.409 e. The zero-order valence-electron chi connectivity index (χ0n) is 21.4.